The lowest BCUT2D eigenvalue weighted by molar-refractivity contribution is 0.0730. The second-order valence-electron chi connectivity index (χ2n) is 5.64. The summed E-state index contributed by atoms with van der Waals surface area (Å²) >= 11 is 3.37. The van der Waals surface area contributed by atoms with Crippen molar-refractivity contribution in [3.63, 3.8) is 0 Å². The molecule has 0 amide bonds. The van der Waals surface area contributed by atoms with E-state index >= 15 is 0 Å². The third kappa shape index (κ3) is 4.97. The number of nitrogens with zero attached hydrogens (tertiary/aromatic N) is 1. The van der Waals surface area contributed by atoms with Crippen molar-refractivity contribution in [1.82, 2.24) is 4.31 Å². The van der Waals surface area contributed by atoms with E-state index in [1.807, 2.05) is 24.3 Å². The van der Waals surface area contributed by atoms with E-state index in [1.165, 1.54) is 4.31 Å². The van der Waals surface area contributed by atoms with Crippen molar-refractivity contribution in [2.75, 3.05) is 39.5 Å². The number of benzene rings is 2. The van der Waals surface area contributed by atoms with E-state index in [-0.39, 0.29) is 4.90 Å². The summed E-state index contributed by atoms with van der Waals surface area (Å²) in [6.45, 7) is 2.39. The van der Waals surface area contributed by atoms with Crippen molar-refractivity contribution in [2.45, 2.75) is 4.90 Å². The Labute approximate surface area is 161 Å². The molecule has 1 aliphatic heterocycles. The van der Waals surface area contributed by atoms with E-state index in [9.17, 15) is 8.42 Å². The first-order chi connectivity index (χ1) is 12.6. The van der Waals surface area contributed by atoms with Gasteiger partial charge >= 0.3 is 0 Å². The van der Waals surface area contributed by atoms with Gasteiger partial charge in [0.05, 0.1) is 18.1 Å². The summed E-state index contributed by atoms with van der Waals surface area (Å²) in [6.07, 6.45) is 0. The molecule has 26 heavy (non-hydrogen) atoms. The Balaban J connectivity index is 1.50. The van der Waals surface area contributed by atoms with Crippen molar-refractivity contribution in [3.8, 4) is 11.5 Å². The molecule has 0 bridgehead atoms. The normalized spacial score (nSPS) is 15.6. The maximum atomic E-state index is 12.5. The highest BCUT2D eigenvalue weighted by Crippen LogP contribution is 2.21. The van der Waals surface area contributed by atoms with Crippen LogP contribution in [0.1, 0.15) is 0 Å². The summed E-state index contributed by atoms with van der Waals surface area (Å²) < 4.78 is 43.9. The highest BCUT2D eigenvalue weighted by molar-refractivity contribution is 9.10. The van der Waals surface area contributed by atoms with Crippen molar-refractivity contribution in [2.24, 2.45) is 0 Å². The van der Waals surface area contributed by atoms with Gasteiger partial charge in [-0.15, -0.1) is 0 Å². The summed E-state index contributed by atoms with van der Waals surface area (Å²) in [5.74, 6) is 1.37. The van der Waals surface area contributed by atoms with Crippen LogP contribution in [0.25, 0.3) is 0 Å². The summed E-state index contributed by atoms with van der Waals surface area (Å²) in [7, 11) is -3.47. The van der Waals surface area contributed by atoms with Crippen LogP contribution in [0, 0.1) is 0 Å². The lowest BCUT2D eigenvalue weighted by Gasteiger charge is -2.26. The zero-order valence-corrected chi connectivity index (χ0v) is 16.5. The average Bonchev–Trinajstić information content (AvgIpc) is 2.68. The smallest absolute Gasteiger partial charge is 0.243 e. The number of ether oxygens (including phenoxy) is 3. The van der Waals surface area contributed by atoms with Gasteiger partial charge in [-0.05, 0) is 48.5 Å². The Morgan fingerprint density at radius 3 is 1.92 bits per heavy atom. The number of hydrogen-bond acceptors (Lipinski definition) is 5. The maximum Gasteiger partial charge on any atom is 0.243 e. The van der Waals surface area contributed by atoms with Crippen molar-refractivity contribution >= 4 is 26.0 Å². The molecule has 0 aliphatic carbocycles. The van der Waals surface area contributed by atoms with Crippen molar-refractivity contribution in [1.29, 1.82) is 0 Å². The molecule has 140 valence electrons. The minimum absolute atomic E-state index is 0.262. The third-order valence-corrected chi connectivity index (χ3v) is 6.31. The van der Waals surface area contributed by atoms with Gasteiger partial charge in [0.15, 0.2) is 0 Å². The molecule has 0 unspecified atom stereocenters. The molecule has 0 aromatic heterocycles. The Kier molecular flexibility index (Phi) is 6.53. The predicted octanol–water partition coefficient (Wildman–Crippen LogP) is 2.93. The van der Waals surface area contributed by atoms with Crippen LogP contribution in [0.15, 0.2) is 57.9 Å². The van der Waals surface area contributed by atoms with E-state index in [0.717, 1.165) is 10.2 Å². The van der Waals surface area contributed by atoms with Crippen LogP contribution in [-0.4, -0.2) is 52.2 Å². The molecule has 0 atom stereocenters. The second-order valence-corrected chi connectivity index (χ2v) is 8.49. The second kappa shape index (κ2) is 8.85. The molecule has 3 rings (SSSR count). The molecular weight excluding hydrogens is 422 g/mol. The average molecular weight is 442 g/mol. The molecule has 1 heterocycles. The molecular formula is C18H20BrNO5S. The van der Waals surface area contributed by atoms with E-state index < -0.39 is 10.0 Å². The number of morpholine rings is 1. The molecule has 0 radical (unpaired) electrons. The fourth-order valence-corrected chi connectivity index (χ4v) is 4.17. The van der Waals surface area contributed by atoms with Crippen molar-refractivity contribution < 1.29 is 22.6 Å². The van der Waals surface area contributed by atoms with Crippen molar-refractivity contribution in [3.05, 3.63) is 53.0 Å². The van der Waals surface area contributed by atoms with Gasteiger partial charge in [-0.2, -0.15) is 4.31 Å². The van der Waals surface area contributed by atoms with Crippen LogP contribution in [-0.2, 0) is 14.8 Å². The predicted molar refractivity (Wildman–Crippen MR) is 101 cm³/mol. The minimum atomic E-state index is -3.47. The Bertz CT molecular complexity index is 802. The van der Waals surface area contributed by atoms with Crippen LogP contribution in [0.4, 0.5) is 0 Å². The number of halogens is 1. The topological polar surface area (TPSA) is 65.1 Å². The molecule has 0 saturated carbocycles. The Hall–Kier alpha value is -1.61. The molecule has 8 heteroatoms. The standard InChI is InChI=1S/C18H20BrNO5S/c19-15-1-3-16(4-2-15)24-13-14-25-17-5-7-18(8-6-17)26(21,22)20-9-11-23-12-10-20/h1-8H,9-14H2. The number of rotatable bonds is 7. The maximum absolute atomic E-state index is 12.5. The van der Waals surface area contributed by atoms with Crippen LogP contribution in [0.5, 0.6) is 11.5 Å². The third-order valence-electron chi connectivity index (χ3n) is 3.87. The van der Waals surface area contributed by atoms with Gasteiger partial charge in [0.1, 0.15) is 24.7 Å². The van der Waals surface area contributed by atoms with E-state index in [1.54, 1.807) is 24.3 Å². The fraction of sp³-hybridized carbons (Fsp3) is 0.333. The molecule has 2 aromatic rings. The van der Waals surface area contributed by atoms with Crippen LogP contribution < -0.4 is 9.47 Å². The molecule has 1 fully saturated rings. The number of sulfonamides is 1. The first-order valence-electron chi connectivity index (χ1n) is 8.25. The van der Waals surface area contributed by atoms with Gasteiger partial charge in [-0.3, -0.25) is 0 Å². The molecule has 0 N–H and O–H groups in total. The van der Waals surface area contributed by atoms with Crippen LogP contribution in [0.2, 0.25) is 0 Å². The van der Waals surface area contributed by atoms with Gasteiger partial charge in [0.25, 0.3) is 0 Å². The zero-order chi connectivity index (χ0) is 18.4. The van der Waals surface area contributed by atoms with E-state index in [4.69, 9.17) is 14.2 Å². The number of hydrogen-bond donors (Lipinski definition) is 0. The first-order valence-corrected chi connectivity index (χ1v) is 10.5. The Morgan fingerprint density at radius 1 is 0.885 bits per heavy atom. The highest BCUT2D eigenvalue weighted by atomic mass is 79.9. The van der Waals surface area contributed by atoms with E-state index in [2.05, 4.69) is 15.9 Å². The lowest BCUT2D eigenvalue weighted by Crippen LogP contribution is -2.40. The Morgan fingerprint density at radius 2 is 1.38 bits per heavy atom. The minimum Gasteiger partial charge on any atom is -0.490 e. The summed E-state index contributed by atoms with van der Waals surface area (Å²) in [5, 5.41) is 0. The quantitative estimate of drug-likeness (QED) is 0.617. The fourth-order valence-electron chi connectivity index (χ4n) is 2.49. The first kappa shape index (κ1) is 19.2. The zero-order valence-electron chi connectivity index (χ0n) is 14.1. The lowest BCUT2D eigenvalue weighted by atomic mass is 10.3. The molecule has 1 saturated heterocycles. The monoisotopic (exact) mass is 441 g/mol. The largest absolute Gasteiger partial charge is 0.490 e. The summed E-state index contributed by atoms with van der Waals surface area (Å²) in [5.41, 5.74) is 0. The van der Waals surface area contributed by atoms with Gasteiger partial charge in [0.2, 0.25) is 10.0 Å². The molecule has 0 spiro atoms. The SMILES string of the molecule is O=S(=O)(c1ccc(OCCOc2ccc(Br)cc2)cc1)N1CCOCC1. The van der Waals surface area contributed by atoms with Gasteiger partial charge in [-0.25, -0.2) is 8.42 Å². The molecule has 1 aliphatic rings. The van der Waals surface area contributed by atoms with Gasteiger partial charge in [-0.1, -0.05) is 15.9 Å². The highest BCUT2D eigenvalue weighted by Gasteiger charge is 2.26. The van der Waals surface area contributed by atoms with Crippen LogP contribution >= 0.6 is 15.9 Å². The van der Waals surface area contributed by atoms with Crippen LogP contribution in [0.3, 0.4) is 0 Å². The molecule has 6 nitrogen and oxygen atoms in total. The summed E-state index contributed by atoms with van der Waals surface area (Å²) in [4.78, 5) is 0.262. The summed E-state index contributed by atoms with van der Waals surface area (Å²) in [6, 6.07) is 14.0. The van der Waals surface area contributed by atoms with Gasteiger partial charge < -0.3 is 14.2 Å². The van der Waals surface area contributed by atoms with E-state index in [0.29, 0.717) is 45.3 Å². The molecule has 2 aromatic carbocycles. The van der Waals surface area contributed by atoms with Gasteiger partial charge in [0, 0.05) is 17.6 Å².